The Morgan fingerprint density at radius 3 is 2.48 bits per heavy atom. The van der Waals surface area contributed by atoms with Crippen LogP contribution < -0.4 is 0 Å². The lowest BCUT2D eigenvalue weighted by atomic mass is 9.93. The highest BCUT2D eigenvalue weighted by molar-refractivity contribution is 7.10. The molecule has 4 rings (SSSR count). The number of benzene rings is 2. The van der Waals surface area contributed by atoms with E-state index in [-0.39, 0.29) is 30.4 Å². The van der Waals surface area contributed by atoms with E-state index in [1.165, 1.54) is 10.4 Å². The average Bonchev–Trinajstić information content (AvgIpc) is 3.34. The Morgan fingerprint density at radius 2 is 1.79 bits per heavy atom. The third-order valence-electron chi connectivity index (χ3n) is 6.33. The van der Waals surface area contributed by atoms with E-state index < -0.39 is 0 Å². The summed E-state index contributed by atoms with van der Waals surface area (Å²) in [5, 5.41) is 2.11. The molecular weight excluding hydrogens is 428 g/mol. The van der Waals surface area contributed by atoms with Crippen molar-refractivity contribution < 1.29 is 9.59 Å². The van der Waals surface area contributed by atoms with Crippen LogP contribution in [-0.2, 0) is 16.0 Å². The SMILES string of the molecule is CCC(C)N(CC(=O)N1CCc2sccc2C1c1ccccc1)C(=O)C=Cc1ccccc1. The second-order valence-corrected chi connectivity index (χ2v) is 9.42. The molecule has 1 aromatic heterocycles. The van der Waals surface area contributed by atoms with Crippen molar-refractivity contribution in [3.05, 3.63) is 99.8 Å². The van der Waals surface area contributed by atoms with Crippen LogP contribution in [0.1, 0.15) is 47.9 Å². The molecule has 0 radical (unpaired) electrons. The molecule has 0 bridgehead atoms. The van der Waals surface area contributed by atoms with Gasteiger partial charge in [-0.3, -0.25) is 9.59 Å². The number of hydrogen-bond donors (Lipinski definition) is 0. The van der Waals surface area contributed by atoms with Crippen LogP contribution in [0.15, 0.2) is 78.2 Å². The number of carbonyl (C=O) groups is 2. The van der Waals surface area contributed by atoms with Gasteiger partial charge in [-0.2, -0.15) is 0 Å². The van der Waals surface area contributed by atoms with E-state index in [1.807, 2.05) is 73.4 Å². The Kier molecular flexibility index (Phi) is 7.40. The zero-order valence-electron chi connectivity index (χ0n) is 19.2. The molecule has 0 aliphatic carbocycles. The summed E-state index contributed by atoms with van der Waals surface area (Å²) in [6, 6.07) is 21.9. The van der Waals surface area contributed by atoms with Crippen LogP contribution >= 0.6 is 11.3 Å². The molecule has 5 heteroatoms. The summed E-state index contributed by atoms with van der Waals surface area (Å²) in [4.78, 5) is 31.7. The molecule has 0 saturated carbocycles. The summed E-state index contributed by atoms with van der Waals surface area (Å²) in [6.45, 7) is 4.79. The quantitative estimate of drug-likeness (QED) is 0.435. The van der Waals surface area contributed by atoms with Gasteiger partial charge in [-0.05, 0) is 54.0 Å². The minimum absolute atomic E-state index is 0.0116. The lowest BCUT2D eigenvalue weighted by Crippen LogP contribution is -2.48. The van der Waals surface area contributed by atoms with Gasteiger partial charge in [0.1, 0.15) is 6.54 Å². The maximum Gasteiger partial charge on any atom is 0.247 e. The molecule has 1 aliphatic heterocycles. The summed E-state index contributed by atoms with van der Waals surface area (Å²) in [5.74, 6) is -0.145. The van der Waals surface area contributed by atoms with Crippen LogP contribution in [0.25, 0.3) is 6.08 Å². The van der Waals surface area contributed by atoms with Crippen molar-refractivity contribution in [1.29, 1.82) is 0 Å². The topological polar surface area (TPSA) is 40.6 Å². The molecule has 1 aliphatic rings. The minimum Gasteiger partial charge on any atom is -0.330 e. The van der Waals surface area contributed by atoms with Gasteiger partial charge in [0.05, 0.1) is 6.04 Å². The van der Waals surface area contributed by atoms with E-state index >= 15 is 0 Å². The number of thiophene rings is 1. The molecule has 4 nitrogen and oxygen atoms in total. The fraction of sp³-hybridized carbons (Fsp3) is 0.286. The summed E-state index contributed by atoms with van der Waals surface area (Å²) >= 11 is 1.76. The van der Waals surface area contributed by atoms with Gasteiger partial charge in [0, 0.05) is 23.5 Å². The second kappa shape index (κ2) is 10.6. The summed E-state index contributed by atoms with van der Waals surface area (Å²) in [6.07, 6.45) is 5.03. The van der Waals surface area contributed by atoms with Crippen LogP contribution in [-0.4, -0.2) is 40.7 Å². The van der Waals surface area contributed by atoms with Crippen LogP contribution in [0, 0.1) is 0 Å². The molecular formula is C28H30N2O2S. The van der Waals surface area contributed by atoms with E-state index in [4.69, 9.17) is 0 Å². The van der Waals surface area contributed by atoms with Crippen molar-refractivity contribution in [3.63, 3.8) is 0 Å². The Labute approximate surface area is 200 Å². The third-order valence-corrected chi connectivity index (χ3v) is 7.33. The lowest BCUT2D eigenvalue weighted by molar-refractivity contribution is -0.141. The smallest absolute Gasteiger partial charge is 0.247 e. The van der Waals surface area contributed by atoms with Crippen molar-refractivity contribution in [2.45, 2.75) is 38.8 Å². The van der Waals surface area contributed by atoms with Crippen molar-refractivity contribution in [1.82, 2.24) is 9.80 Å². The zero-order chi connectivity index (χ0) is 23.2. The summed E-state index contributed by atoms with van der Waals surface area (Å²) in [5.41, 5.74) is 3.28. The molecule has 2 heterocycles. The van der Waals surface area contributed by atoms with Gasteiger partial charge in [-0.1, -0.05) is 67.6 Å². The molecule has 33 heavy (non-hydrogen) atoms. The third kappa shape index (κ3) is 5.25. The van der Waals surface area contributed by atoms with E-state index in [9.17, 15) is 9.59 Å². The Balaban J connectivity index is 1.57. The van der Waals surface area contributed by atoms with Gasteiger partial charge in [-0.25, -0.2) is 0 Å². The Bertz CT molecular complexity index is 1110. The van der Waals surface area contributed by atoms with Gasteiger partial charge >= 0.3 is 0 Å². The van der Waals surface area contributed by atoms with Gasteiger partial charge in [-0.15, -0.1) is 11.3 Å². The van der Waals surface area contributed by atoms with Crippen molar-refractivity contribution in [2.75, 3.05) is 13.1 Å². The number of nitrogens with zero attached hydrogens (tertiary/aromatic N) is 2. The maximum atomic E-state index is 13.6. The van der Waals surface area contributed by atoms with Gasteiger partial charge in [0.2, 0.25) is 11.8 Å². The summed E-state index contributed by atoms with van der Waals surface area (Å²) in [7, 11) is 0. The van der Waals surface area contributed by atoms with E-state index in [0.717, 1.165) is 24.0 Å². The standard InChI is InChI=1S/C28H30N2O2S/c1-3-21(2)30(26(31)15-14-22-10-6-4-7-11-22)20-27(32)29-18-16-25-24(17-19-33-25)28(29)23-12-8-5-9-13-23/h4-15,17,19,21,28H,3,16,18,20H2,1-2H3. The fourth-order valence-corrected chi connectivity index (χ4v) is 5.22. The zero-order valence-corrected chi connectivity index (χ0v) is 20.0. The average molecular weight is 459 g/mol. The molecule has 0 fully saturated rings. The molecule has 2 aromatic carbocycles. The van der Waals surface area contributed by atoms with Crippen molar-refractivity contribution >= 4 is 29.2 Å². The van der Waals surface area contributed by atoms with E-state index in [0.29, 0.717) is 6.54 Å². The molecule has 0 spiro atoms. The summed E-state index contributed by atoms with van der Waals surface area (Å²) < 4.78 is 0. The number of rotatable bonds is 7. The minimum atomic E-state index is -0.133. The molecule has 3 aromatic rings. The normalized spacial score (nSPS) is 16.4. The van der Waals surface area contributed by atoms with Crippen LogP contribution in [0.3, 0.4) is 0 Å². The fourth-order valence-electron chi connectivity index (χ4n) is 4.32. The number of amides is 2. The van der Waals surface area contributed by atoms with Crippen LogP contribution in [0.5, 0.6) is 0 Å². The highest BCUT2D eigenvalue weighted by Crippen LogP contribution is 2.37. The van der Waals surface area contributed by atoms with E-state index in [1.54, 1.807) is 22.3 Å². The predicted molar refractivity (Wildman–Crippen MR) is 135 cm³/mol. The molecule has 2 amide bonds. The largest absolute Gasteiger partial charge is 0.330 e. The first-order valence-electron chi connectivity index (χ1n) is 11.5. The molecule has 0 N–H and O–H groups in total. The van der Waals surface area contributed by atoms with Gasteiger partial charge < -0.3 is 9.80 Å². The molecule has 2 atom stereocenters. The van der Waals surface area contributed by atoms with Crippen LogP contribution in [0.4, 0.5) is 0 Å². The van der Waals surface area contributed by atoms with Crippen molar-refractivity contribution in [3.8, 4) is 0 Å². The Morgan fingerprint density at radius 1 is 1.09 bits per heavy atom. The molecule has 170 valence electrons. The Hall–Kier alpha value is -3.18. The monoisotopic (exact) mass is 458 g/mol. The molecule has 0 saturated heterocycles. The van der Waals surface area contributed by atoms with Crippen LogP contribution in [0.2, 0.25) is 0 Å². The van der Waals surface area contributed by atoms with Gasteiger partial charge in [0.15, 0.2) is 0 Å². The second-order valence-electron chi connectivity index (χ2n) is 8.42. The first kappa shape index (κ1) is 23.0. The first-order valence-corrected chi connectivity index (χ1v) is 12.4. The number of fused-ring (bicyclic) bond motifs is 1. The predicted octanol–water partition coefficient (Wildman–Crippen LogP) is 5.56. The van der Waals surface area contributed by atoms with Gasteiger partial charge in [0.25, 0.3) is 0 Å². The van der Waals surface area contributed by atoms with Crippen molar-refractivity contribution in [2.24, 2.45) is 0 Å². The molecule has 2 unspecified atom stereocenters. The lowest BCUT2D eigenvalue weighted by Gasteiger charge is -2.38. The maximum absolute atomic E-state index is 13.6. The highest BCUT2D eigenvalue weighted by atomic mass is 32.1. The number of hydrogen-bond acceptors (Lipinski definition) is 3. The highest BCUT2D eigenvalue weighted by Gasteiger charge is 2.34. The first-order chi connectivity index (χ1) is 16.1. The number of carbonyl (C=O) groups excluding carboxylic acids is 2. The van der Waals surface area contributed by atoms with E-state index in [2.05, 4.69) is 23.6 Å².